The zero-order valence-corrected chi connectivity index (χ0v) is 11.6. The Morgan fingerprint density at radius 3 is 2.18 bits per heavy atom. The first-order valence-electron chi connectivity index (χ1n) is 5.53. The van der Waals surface area contributed by atoms with Gasteiger partial charge in [0.05, 0.1) is 5.41 Å². The lowest BCUT2D eigenvalue weighted by Crippen LogP contribution is -2.26. The molecule has 17 heavy (non-hydrogen) atoms. The summed E-state index contributed by atoms with van der Waals surface area (Å²) in [7, 11) is 0. The highest BCUT2D eigenvalue weighted by molar-refractivity contribution is 6.53. The average molecular weight is 272 g/mol. The van der Waals surface area contributed by atoms with Crippen molar-refractivity contribution in [1.82, 2.24) is 0 Å². The number of nitrogens with one attached hydrogen (secondary N) is 1. The van der Waals surface area contributed by atoms with Crippen molar-refractivity contribution in [3.05, 3.63) is 29.3 Å². The first kappa shape index (κ1) is 12.7. The van der Waals surface area contributed by atoms with E-state index in [1.165, 1.54) is 0 Å². The predicted octanol–water partition coefficient (Wildman–Crippen LogP) is 3.83. The number of anilines is 1. The Kier molecular flexibility index (Phi) is 2.91. The summed E-state index contributed by atoms with van der Waals surface area (Å²) in [4.78, 5) is 12.1. The molecular formula is C13H15Cl2NO. The molecule has 92 valence electrons. The summed E-state index contributed by atoms with van der Waals surface area (Å²) in [6.07, 6.45) is 0.500. The highest BCUT2D eigenvalue weighted by Crippen LogP contribution is 2.64. The van der Waals surface area contributed by atoms with Crippen molar-refractivity contribution in [1.29, 1.82) is 0 Å². The molecule has 0 unspecified atom stereocenters. The third-order valence-electron chi connectivity index (χ3n) is 3.48. The summed E-state index contributed by atoms with van der Waals surface area (Å²) < 4.78 is -0.923. The van der Waals surface area contributed by atoms with Crippen LogP contribution < -0.4 is 5.32 Å². The number of para-hydroxylation sites is 1. The Bertz CT molecular complexity index is 464. The summed E-state index contributed by atoms with van der Waals surface area (Å²) >= 11 is 12.0. The van der Waals surface area contributed by atoms with Gasteiger partial charge in [0.1, 0.15) is 4.33 Å². The lowest BCUT2D eigenvalue weighted by molar-refractivity contribution is -0.120. The van der Waals surface area contributed by atoms with Crippen LogP contribution in [-0.4, -0.2) is 10.2 Å². The number of rotatable bonds is 2. The Morgan fingerprint density at radius 1 is 1.29 bits per heavy atom. The number of benzene rings is 1. The summed E-state index contributed by atoms with van der Waals surface area (Å²) in [6.45, 7) is 5.72. The molecule has 4 heteroatoms. The van der Waals surface area contributed by atoms with Crippen LogP contribution >= 0.6 is 23.2 Å². The molecule has 0 bridgehead atoms. The van der Waals surface area contributed by atoms with Crippen LogP contribution in [0, 0.1) is 19.3 Å². The maximum atomic E-state index is 12.1. The highest BCUT2D eigenvalue weighted by Gasteiger charge is 2.67. The lowest BCUT2D eigenvalue weighted by Gasteiger charge is -2.16. The van der Waals surface area contributed by atoms with Crippen molar-refractivity contribution in [2.45, 2.75) is 31.5 Å². The second-order valence-corrected chi connectivity index (χ2v) is 6.42. The molecule has 1 aromatic rings. The fraction of sp³-hybridized carbons (Fsp3) is 0.462. The maximum Gasteiger partial charge on any atom is 0.233 e. The molecule has 1 fully saturated rings. The van der Waals surface area contributed by atoms with E-state index >= 15 is 0 Å². The van der Waals surface area contributed by atoms with Crippen LogP contribution in [0.2, 0.25) is 0 Å². The zero-order valence-electron chi connectivity index (χ0n) is 10.1. The van der Waals surface area contributed by atoms with Crippen LogP contribution in [-0.2, 0) is 4.79 Å². The van der Waals surface area contributed by atoms with Crippen molar-refractivity contribution in [2.75, 3.05) is 5.32 Å². The number of amides is 1. The molecule has 1 aliphatic carbocycles. The zero-order chi connectivity index (χ0) is 12.8. The van der Waals surface area contributed by atoms with E-state index in [-0.39, 0.29) is 5.91 Å². The molecule has 1 saturated carbocycles. The van der Waals surface area contributed by atoms with E-state index in [4.69, 9.17) is 23.2 Å². The van der Waals surface area contributed by atoms with E-state index in [0.717, 1.165) is 16.8 Å². The minimum absolute atomic E-state index is 0.111. The van der Waals surface area contributed by atoms with Gasteiger partial charge < -0.3 is 5.32 Å². The van der Waals surface area contributed by atoms with Crippen LogP contribution in [0.5, 0.6) is 0 Å². The van der Waals surface area contributed by atoms with E-state index in [9.17, 15) is 4.79 Å². The summed E-state index contributed by atoms with van der Waals surface area (Å²) in [5, 5.41) is 2.93. The van der Waals surface area contributed by atoms with Gasteiger partial charge in [-0.1, -0.05) is 18.2 Å². The minimum atomic E-state index is -0.923. The minimum Gasteiger partial charge on any atom is -0.325 e. The van der Waals surface area contributed by atoms with Gasteiger partial charge in [-0.15, -0.1) is 23.2 Å². The van der Waals surface area contributed by atoms with E-state index in [2.05, 4.69) is 5.32 Å². The molecular weight excluding hydrogens is 257 g/mol. The Labute approximate surface area is 111 Å². The summed E-state index contributed by atoms with van der Waals surface area (Å²) in [6, 6.07) is 5.89. The summed E-state index contributed by atoms with van der Waals surface area (Å²) in [5.41, 5.74) is 2.26. The molecule has 1 N–H and O–H groups in total. The number of hydrogen-bond donors (Lipinski definition) is 1. The first-order chi connectivity index (χ1) is 7.78. The van der Waals surface area contributed by atoms with Crippen LogP contribution in [0.1, 0.15) is 24.5 Å². The largest absolute Gasteiger partial charge is 0.325 e. The molecule has 0 saturated heterocycles. The molecule has 1 atom stereocenters. The van der Waals surface area contributed by atoms with Gasteiger partial charge in [-0.2, -0.15) is 0 Å². The van der Waals surface area contributed by atoms with Gasteiger partial charge in [0.2, 0.25) is 5.91 Å². The van der Waals surface area contributed by atoms with E-state index < -0.39 is 9.75 Å². The van der Waals surface area contributed by atoms with Crippen LogP contribution in [0.4, 0.5) is 5.69 Å². The van der Waals surface area contributed by atoms with Gasteiger partial charge >= 0.3 is 0 Å². The summed E-state index contributed by atoms with van der Waals surface area (Å²) in [5.74, 6) is -0.111. The van der Waals surface area contributed by atoms with Crippen LogP contribution in [0.15, 0.2) is 18.2 Å². The Morgan fingerprint density at radius 2 is 1.76 bits per heavy atom. The number of carbonyl (C=O) groups is 1. The van der Waals surface area contributed by atoms with Gasteiger partial charge in [-0.3, -0.25) is 4.79 Å². The molecule has 2 nitrogen and oxygen atoms in total. The Hall–Kier alpha value is -0.730. The highest BCUT2D eigenvalue weighted by atomic mass is 35.5. The normalized spacial score (nSPS) is 25.5. The fourth-order valence-corrected chi connectivity index (χ4v) is 2.62. The van der Waals surface area contributed by atoms with Crippen molar-refractivity contribution in [2.24, 2.45) is 5.41 Å². The quantitative estimate of drug-likeness (QED) is 0.814. The van der Waals surface area contributed by atoms with E-state index in [1.54, 1.807) is 6.92 Å². The van der Waals surface area contributed by atoms with Crippen molar-refractivity contribution >= 4 is 34.8 Å². The maximum absolute atomic E-state index is 12.1. The predicted molar refractivity (Wildman–Crippen MR) is 71.7 cm³/mol. The van der Waals surface area contributed by atoms with Gasteiger partial charge in [0, 0.05) is 5.69 Å². The van der Waals surface area contributed by atoms with Gasteiger partial charge in [-0.05, 0) is 38.3 Å². The first-order valence-corrected chi connectivity index (χ1v) is 6.29. The topological polar surface area (TPSA) is 29.1 Å². The lowest BCUT2D eigenvalue weighted by atomic mass is 10.1. The molecule has 1 amide bonds. The van der Waals surface area contributed by atoms with Crippen molar-refractivity contribution < 1.29 is 4.79 Å². The molecule has 0 aromatic heterocycles. The fourth-order valence-electron chi connectivity index (χ4n) is 1.91. The van der Waals surface area contributed by atoms with Crippen molar-refractivity contribution in [3.8, 4) is 0 Å². The van der Waals surface area contributed by atoms with Crippen LogP contribution in [0.25, 0.3) is 0 Å². The van der Waals surface area contributed by atoms with Gasteiger partial charge in [0.25, 0.3) is 0 Å². The standard InChI is InChI=1S/C13H15Cl2NO/c1-8-5-4-6-9(2)10(8)16-11(17)12(3)7-13(12,14)15/h4-6H,7H2,1-3H3,(H,16,17)/t12-/m1/s1. The third-order valence-corrected chi connectivity index (χ3v) is 4.58. The van der Waals surface area contributed by atoms with E-state index in [0.29, 0.717) is 6.42 Å². The monoisotopic (exact) mass is 271 g/mol. The number of aryl methyl sites for hydroxylation is 2. The molecule has 0 aliphatic heterocycles. The molecule has 0 heterocycles. The number of hydrogen-bond acceptors (Lipinski definition) is 1. The average Bonchev–Trinajstić information content (AvgIpc) is 2.73. The van der Waals surface area contributed by atoms with Gasteiger partial charge in [-0.25, -0.2) is 0 Å². The SMILES string of the molecule is Cc1cccc(C)c1NC(=O)[C@@]1(C)CC1(Cl)Cl. The molecule has 1 aliphatic rings. The smallest absolute Gasteiger partial charge is 0.233 e. The number of carbonyl (C=O) groups excluding carboxylic acids is 1. The molecule has 0 spiro atoms. The molecule has 2 rings (SSSR count). The number of alkyl halides is 2. The Balaban J connectivity index is 2.21. The second-order valence-electron chi connectivity index (χ2n) is 4.93. The molecule has 0 radical (unpaired) electrons. The van der Waals surface area contributed by atoms with Crippen LogP contribution in [0.3, 0.4) is 0 Å². The number of halogens is 2. The third kappa shape index (κ3) is 2.04. The molecule has 1 aromatic carbocycles. The second kappa shape index (κ2) is 3.89. The van der Waals surface area contributed by atoms with Gasteiger partial charge in [0.15, 0.2) is 0 Å². The van der Waals surface area contributed by atoms with E-state index in [1.807, 2.05) is 32.0 Å². The van der Waals surface area contributed by atoms with Crippen molar-refractivity contribution in [3.63, 3.8) is 0 Å².